The van der Waals surface area contributed by atoms with Gasteiger partial charge in [0.15, 0.2) is 0 Å². The first-order chi connectivity index (χ1) is 8.01. The minimum Gasteiger partial charge on any atom is -0.391 e. The number of hydrogen-bond acceptors (Lipinski definition) is 2. The molecule has 0 aromatic heterocycles. The van der Waals surface area contributed by atoms with E-state index in [4.69, 9.17) is 11.6 Å². The maximum atomic E-state index is 13.3. The molecule has 2 rings (SSSR count). The molecule has 94 valence electrons. The summed E-state index contributed by atoms with van der Waals surface area (Å²) in [5, 5.41) is 10.4. The summed E-state index contributed by atoms with van der Waals surface area (Å²) in [6.07, 6.45) is 2.22. The van der Waals surface area contributed by atoms with Crippen molar-refractivity contribution in [2.45, 2.75) is 37.0 Å². The second-order valence-corrected chi connectivity index (χ2v) is 6.77. The van der Waals surface area contributed by atoms with Crippen LogP contribution in [0.15, 0.2) is 18.2 Å². The maximum Gasteiger partial charge on any atom is 0.142 e. The lowest BCUT2D eigenvalue weighted by molar-refractivity contribution is 0.133. The van der Waals surface area contributed by atoms with Gasteiger partial charge in [-0.15, -0.1) is 0 Å². The standard InChI is InChI=1S/C13H16ClFOS/c1-13(5-2-6-17-13)12(16)8-9-3-4-10(14)11(15)7-9/h3-4,7,12,16H,2,5-6,8H2,1H3. The van der Waals surface area contributed by atoms with Gasteiger partial charge >= 0.3 is 0 Å². The first-order valence-electron chi connectivity index (χ1n) is 5.77. The smallest absolute Gasteiger partial charge is 0.142 e. The Morgan fingerprint density at radius 1 is 1.59 bits per heavy atom. The first kappa shape index (κ1) is 13.2. The molecule has 17 heavy (non-hydrogen) atoms. The number of aliphatic hydroxyl groups excluding tert-OH is 1. The van der Waals surface area contributed by atoms with E-state index in [1.165, 1.54) is 6.07 Å². The third kappa shape index (κ3) is 2.95. The molecule has 1 aliphatic heterocycles. The molecule has 1 aromatic carbocycles. The number of aliphatic hydroxyl groups is 1. The van der Waals surface area contributed by atoms with Crippen LogP contribution >= 0.6 is 23.4 Å². The van der Waals surface area contributed by atoms with Gasteiger partial charge in [0.05, 0.1) is 11.1 Å². The van der Waals surface area contributed by atoms with Crippen LogP contribution in [0, 0.1) is 5.82 Å². The molecule has 1 fully saturated rings. The van der Waals surface area contributed by atoms with Crippen LogP contribution in [0.5, 0.6) is 0 Å². The zero-order chi connectivity index (χ0) is 12.5. The lowest BCUT2D eigenvalue weighted by Gasteiger charge is -2.29. The van der Waals surface area contributed by atoms with Crippen molar-refractivity contribution in [3.05, 3.63) is 34.6 Å². The summed E-state index contributed by atoms with van der Waals surface area (Å²) in [6.45, 7) is 2.08. The molecule has 0 saturated carbocycles. The van der Waals surface area contributed by atoms with Crippen molar-refractivity contribution < 1.29 is 9.50 Å². The van der Waals surface area contributed by atoms with E-state index < -0.39 is 11.9 Å². The third-order valence-electron chi connectivity index (χ3n) is 3.37. The van der Waals surface area contributed by atoms with E-state index in [9.17, 15) is 9.50 Å². The fourth-order valence-corrected chi connectivity index (χ4v) is 3.61. The zero-order valence-electron chi connectivity index (χ0n) is 9.75. The summed E-state index contributed by atoms with van der Waals surface area (Å²) in [6, 6.07) is 4.73. The normalized spacial score (nSPS) is 26.1. The van der Waals surface area contributed by atoms with Crippen molar-refractivity contribution in [2.75, 3.05) is 5.75 Å². The third-order valence-corrected chi connectivity index (χ3v) is 5.30. The van der Waals surface area contributed by atoms with Gasteiger partial charge in [0, 0.05) is 4.75 Å². The maximum absolute atomic E-state index is 13.3. The van der Waals surface area contributed by atoms with Gasteiger partial charge in [0.1, 0.15) is 5.82 Å². The zero-order valence-corrected chi connectivity index (χ0v) is 11.3. The van der Waals surface area contributed by atoms with Gasteiger partial charge in [0.2, 0.25) is 0 Å². The van der Waals surface area contributed by atoms with Crippen molar-refractivity contribution in [1.82, 2.24) is 0 Å². The molecule has 0 amide bonds. The first-order valence-corrected chi connectivity index (χ1v) is 7.13. The fraction of sp³-hybridized carbons (Fsp3) is 0.538. The highest BCUT2D eigenvalue weighted by molar-refractivity contribution is 8.00. The number of halogens is 2. The molecule has 1 aromatic rings. The van der Waals surface area contributed by atoms with E-state index in [1.54, 1.807) is 12.1 Å². The minimum absolute atomic E-state index is 0.0872. The summed E-state index contributed by atoms with van der Waals surface area (Å²) < 4.78 is 13.2. The molecule has 1 saturated heterocycles. The Morgan fingerprint density at radius 2 is 2.35 bits per heavy atom. The van der Waals surface area contributed by atoms with E-state index in [-0.39, 0.29) is 9.77 Å². The summed E-state index contributed by atoms with van der Waals surface area (Å²) in [5.41, 5.74) is 0.799. The highest BCUT2D eigenvalue weighted by atomic mass is 35.5. The lowest BCUT2D eigenvalue weighted by Crippen LogP contribution is -2.35. The number of rotatable bonds is 3. The molecule has 1 N–H and O–H groups in total. The van der Waals surface area contributed by atoms with Crippen LogP contribution in [0.2, 0.25) is 5.02 Å². The van der Waals surface area contributed by atoms with Crippen LogP contribution < -0.4 is 0 Å². The molecule has 2 unspecified atom stereocenters. The average molecular weight is 275 g/mol. The summed E-state index contributed by atoms with van der Waals surface area (Å²) >= 11 is 7.44. The molecule has 2 atom stereocenters. The molecule has 1 heterocycles. The van der Waals surface area contributed by atoms with Gasteiger partial charge in [-0.25, -0.2) is 4.39 Å². The Labute approximate surface area is 110 Å². The van der Waals surface area contributed by atoms with Crippen LogP contribution in [0.1, 0.15) is 25.3 Å². The Morgan fingerprint density at radius 3 is 2.94 bits per heavy atom. The molecular weight excluding hydrogens is 259 g/mol. The molecule has 0 bridgehead atoms. The van der Waals surface area contributed by atoms with Crippen LogP contribution in [-0.4, -0.2) is 21.7 Å². The van der Waals surface area contributed by atoms with Crippen molar-refractivity contribution in [1.29, 1.82) is 0 Å². The van der Waals surface area contributed by atoms with Gasteiger partial charge in [-0.05, 0) is 49.6 Å². The Hall–Kier alpha value is -0.250. The summed E-state index contributed by atoms with van der Waals surface area (Å²) in [5.74, 6) is 0.684. The van der Waals surface area contributed by atoms with Crippen LogP contribution in [0.4, 0.5) is 4.39 Å². The predicted molar refractivity (Wildman–Crippen MR) is 71.2 cm³/mol. The summed E-state index contributed by atoms with van der Waals surface area (Å²) in [7, 11) is 0. The SMILES string of the molecule is CC1(C(O)Cc2ccc(Cl)c(F)c2)CCCS1. The van der Waals surface area contributed by atoms with E-state index in [0.29, 0.717) is 6.42 Å². The highest BCUT2D eigenvalue weighted by Gasteiger charge is 2.36. The van der Waals surface area contributed by atoms with Gasteiger partial charge < -0.3 is 5.11 Å². The minimum atomic E-state index is -0.435. The van der Waals surface area contributed by atoms with Gasteiger partial charge in [-0.1, -0.05) is 17.7 Å². The Bertz CT molecular complexity index is 404. The lowest BCUT2D eigenvalue weighted by atomic mass is 9.93. The molecular formula is C13H16ClFOS. The predicted octanol–water partition coefficient (Wildman–Crippen LogP) is 3.67. The van der Waals surface area contributed by atoms with Crippen LogP contribution in [0.25, 0.3) is 0 Å². The van der Waals surface area contributed by atoms with E-state index in [1.807, 2.05) is 11.8 Å². The number of hydrogen-bond donors (Lipinski definition) is 1. The Balaban J connectivity index is 2.07. The van der Waals surface area contributed by atoms with Gasteiger partial charge in [-0.2, -0.15) is 11.8 Å². The van der Waals surface area contributed by atoms with E-state index >= 15 is 0 Å². The summed E-state index contributed by atoms with van der Waals surface area (Å²) in [4.78, 5) is 0. The van der Waals surface area contributed by atoms with Crippen LogP contribution in [0.3, 0.4) is 0 Å². The van der Waals surface area contributed by atoms with E-state index in [0.717, 1.165) is 24.2 Å². The average Bonchev–Trinajstić information content (AvgIpc) is 2.72. The monoisotopic (exact) mass is 274 g/mol. The van der Waals surface area contributed by atoms with Crippen molar-refractivity contribution in [3.8, 4) is 0 Å². The van der Waals surface area contributed by atoms with Crippen molar-refractivity contribution in [3.63, 3.8) is 0 Å². The highest BCUT2D eigenvalue weighted by Crippen LogP contribution is 2.41. The second kappa shape index (κ2) is 5.17. The number of benzene rings is 1. The largest absolute Gasteiger partial charge is 0.391 e. The van der Waals surface area contributed by atoms with E-state index in [2.05, 4.69) is 6.92 Å². The quantitative estimate of drug-likeness (QED) is 0.908. The van der Waals surface area contributed by atoms with Crippen LogP contribution in [-0.2, 0) is 6.42 Å². The molecule has 0 spiro atoms. The second-order valence-electron chi connectivity index (χ2n) is 4.73. The molecule has 1 aliphatic rings. The molecule has 0 radical (unpaired) electrons. The van der Waals surface area contributed by atoms with Gasteiger partial charge in [0.25, 0.3) is 0 Å². The molecule has 1 nitrogen and oxygen atoms in total. The topological polar surface area (TPSA) is 20.2 Å². The molecule has 4 heteroatoms. The number of thioether (sulfide) groups is 1. The Kier molecular flexibility index (Phi) is 4.01. The van der Waals surface area contributed by atoms with Crippen molar-refractivity contribution >= 4 is 23.4 Å². The molecule has 0 aliphatic carbocycles. The van der Waals surface area contributed by atoms with Gasteiger partial charge in [-0.3, -0.25) is 0 Å². The van der Waals surface area contributed by atoms with Crippen molar-refractivity contribution in [2.24, 2.45) is 0 Å². The fourth-order valence-electron chi connectivity index (χ4n) is 2.17.